The Kier molecular flexibility index (Phi) is 9.64. The van der Waals surface area contributed by atoms with Gasteiger partial charge in [-0.05, 0) is 67.9 Å². The number of carbonyl (C=O) groups excluding carboxylic acids is 3. The summed E-state index contributed by atoms with van der Waals surface area (Å²) in [6, 6.07) is 11.8. The third kappa shape index (κ3) is 7.04. The first-order valence-corrected chi connectivity index (χ1v) is 17.6. The molecule has 3 saturated heterocycles. The zero-order valence-electron chi connectivity index (χ0n) is 28.4. The maximum absolute atomic E-state index is 14.1. The number of hydrogen-bond acceptors (Lipinski definition) is 8. The standard InChI is InChI=1S/C36H46N6O7/c1-24-21-25(22-30-32(24)38(2)35(45)48-30)23-31(33(43)40-12-8-27(9-13-40)39-17-19-47-20-18-39)49-36(46)41-14-10-28(11-15-41)42-16-7-26-5-3-4-6-29(26)37-34(42)44/h3-6,21-22,27-28,31H,7-20,23H2,1-2H3,(H,37,44)/t31-/m1/s1. The van der Waals surface area contributed by atoms with Crippen molar-refractivity contribution in [2.75, 3.05) is 64.3 Å². The number of rotatable bonds is 6. The van der Waals surface area contributed by atoms with Crippen molar-refractivity contribution < 1.29 is 28.3 Å². The van der Waals surface area contributed by atoms with Crippen LogP contribution in [0.15, 0.2) is 45.6 Å². The largest absolute Gasteiger partial charge is 0.436 e. The van der Waals surface area contributed by atoms with Gasteiger partial charge in [0.15, 0.2) is 11.7 Å². The fourth-order valence-corrected chi connectivity index (χ4v) is 7.98. The van der Waals surface area contributed by atoms with Crippen molar-refractivity contribution in [1.82, 2.24) is 24.2 Å². The molecule has 1 atom stereocenters. The lowest BCUT2D eigenvalue weighted by Gasteiger charge is -2.41. The lowest BCUT2D eigenvalue weighted by molar-refractivity contribution is -0.142. The molecule has 262 valence electrons. The van der Waals surface area contributed by atoms with Gasteiger partial charge in [0.05, 0.1) is 18.7 Å². The van der Waals surface area contributed by atoms with E-state index in [9.17, 15) is 19.2 Å². The van der Waals surface area contributed by atoms with Crippen molar-refractivity contribution in [3.05, 3.63) is 63.6 Å². The first-order valence-electron chi connectivity index (χ1n) is 17.6. The smallest absolute Gasteiger partial charge is 0.419 e. The fourth-order valence-electron chi connectivity index (χ4n) is 7.98. The Morgan fingerprint density at radius 2 is 1.61 bits per heavy atom. The summed E-state index contributed by atoms with van der Waals surface area (Å²) in [5.41, 5.74) is 4.69. The van der Waals surface area contributed by atoms with Gasteiger partial charge in [-0.2, -0.15) is 0 Å². The molecular formula is C36H46N6O7. The molecule has 13 nitrogen and oxygen atoms in total. The third-order valence-electron chi connectivity index (χ3n) is 10.7. The summed E-state index contributed by atoms with van der Waals surface area (Å²) in [5.74, 6) is -0.667. The highest BCUT2D eigenvalue weighted by Crippen LogP contribution is 2.27. The van der Waals surface area contributed by atoms with Crippen LogP contribution in [0.5, 0.6) is 0 Å². The van der Waals surface area contributed by atoms with E-state index >= 15 is 0 Å². The number of amides is 4. The molecule has 0 unspecified atom stereocenters. The minimum atomic E-state index is -1.03. The van der Waals surface area contributed by atoms with E-state index < -0.39 is 18.0 Å². The van der Waals surface area contributed by atoms with Gasteiger partial charge < -0.3 is 33.9 Å². The third-order valence-corrected chi connectivity index (χ3v) is 10.7. The Balaban J connectivity index is 1.02. The molecule has 4 aliphatic heterocycles. The lowest BCUT2D eigenvalue weighted by Crippen LogP contribution is -2.53. The maximum atomic E-state index is 14.1. The van der Waals surface area contributed by atoms with Crippen molar-refractivity contribution in [2.24, 2.45) is 7.05 Å². The molecule has 4 amide bonds. The number of anilines is 1. The molecule has 0 spiro atoms. The molecule has 0 saturated carbocycles. The highest BCUT2D eigenvalue weighted by Gasteiger charge is 2.36. The predicted octanol–water partition coefficient (Wildman–Crippen LogP) is 3.37. The van der Waals surface area contributed by atoms with Crippen molar-refractivity contribution in [2.45, 2.75) is 63.6 Å². The second kappa shape index (κ2) is 14.2. The molecule has 0 radical (unpaired) electrons. The number of likely N-dealkylation sites (tertiary alicyclic amines) is 2. The summed E-state index contributed by atoms with van der Waals surface area (Å²) in [6.45, 7) is 7.82. The van der Waals surface area contributed by atoms with Crippen molar-refractivity contribution >= 4 is 34.8 Å². The van der Waals surface area contributed by atoms with E-state index in [0.717, 1.165) is 67.9 Å². The summed E-state index contributed by atoms with van der Waals surface area (Å²) in [6.07, 6.45) is 2.32. The van der Waals surface area contributed by atoms with E-state index in [1.807, 2.05) is 47.1 Å². The van der Waals surface area contributed by atoms with Crippen LogP contribution in [0.25, 0.3) is 11.1 Å². The highest BCUT2D eigenvalue weighted by atomic mass is 16.6. The number of aromatic nitrogens is 1. The topological polar surface area (TPSA) is 130 Å². The molecule has 13 heteroatoms. The number of oxazole rings is 1. The zero-order chi connectivity index (χ0) is 34.1. The molecule has 0 bridgehead atoms. The molecule has 0 aliphatic carbocycles. The van der Waals surface area contributed by atoms with E-state index in [4.69, 9.17) is 13.9 Å². The lowest BCUT2D eigenvalue weighted by atomic mass is 10.00. The Bertz CT molecular complexity index is 1750. The highest BCUT2D eigenvalue weighted by molar-refractivity contribution is 5.91. The van der Waals surface area contributed by atoms with Crippen LogP contribution < -0.4 is 11.1 Å². The number of piperidine rings is 2. The minimum absolute atomic E-state index is 0.00113. The van der Waals surface area contributed by atoms with Crippen LogP contribution in [0.3, 0.4) is 0 Å². The number of para-hydroxylation sites is 1. The van der Waals surface area contributed by atoms with Gasteiger partial charge in [0, 0.05) is 77.1 Å². The Labute approximate surface area is 285 Å². The predicted molar refractivity (Wildman–Crippen MR) is 183 cm³/mol. The normalized spacial score (nSPS) is 20.5. The van der Waals surface area contributed by atoms with E-state index in [-0.39, 0.29) is 24.4 Å². The molecule has 3 aromatic rings. The van der Waals surface area contributed by atoms with E-state index in [1.165, 1.54) is 4.57 Å². The number of fused-ring (bicyclic) bond motifs is 2. The van der Waals surface area contributed by atoms with Crippen molar-refractivity contribution in [3.63, 3.8) is 0 Å². The van der Waals surface area contributed by atoms with Crippen LogP contribution >= 0.6 is 0 Å². The second-order valence-corrected chi connectivity index (χ2v) is 13.7. The number of nitrogens with zero attached hydrogens (tertiary/aromatic N) is 5. The number of ether oxygens (including phenoxy) is 2. The van der Waals surface area contributed by atoms with Gasteiger partial charge in [0.1, 0.15) is 0 Å². The van der Waals surface area contributed by atoms with Gasteiger partial charge in [-0.1, -0.05) is 24.3 Å². The number of nitrogens with one attached hydrogen (secondary N) is 1. The van der Waals surface area contributed by atoms with Gasteiger partial charge in [-0.25, -0.2) is 14.4 Å². The molecule has 2 aromatic carbocycles. The summed E-state index contributed by atoms with van der Waals surface area (Å²) in [7, 11) is 1.66. The van der Waals surface area contributed by atoms with Crippen LogP contribution in [0, 0.1) is 6.92 Å². The molecule has 5 heterocycles. The molecule has 1 N–H and O–H groups in total. The van der Waals surface area contributed by atoms with Crippen molar-refractivity contribution in [3.8, 4) is 0 Å². The molecule has 3 fully saturated rings. The average Bonchev–Trinajstić information content (AvgIpc) is 3.30. The van der Waals surface area contributed by atoms with E-state index in [2.05, 4.69) is 10.2 Å². The van der Waals surface area contributed by atoms with Crippen LogP contribution in [-0.4, -0.2) is 119 Å². The number of carbonyl (C=O) groups is 3. The van der Waals surface area contributed by atoms with Crippen molar-refractivity contribution in [1.29, 1.82) is 0 Å². The SMILES string of the molecule is Cc1cc(C[C@@H](OC(=O)N2CCC(N3CCc4ccccc4NC3=O)CC2)C(=O)N2CCC(N3CCOCC3)CC2)cc2oc(=O)n(C)c12. The molecule has 49 heavy (non-hydrogen) atoms. The average molecular weight is 675 g/mol. The molecule has 1 aromatic heterocycles. The van der Waals surface area contributed by atoms with Gasteiger partial charge in [0.2, 0.25) is 0 Å². The van der Waals surface area contributed by atoms with Crippen LogP contribution in [0.1, 0.15) is 42.4 Å². The molecule has 4 aliphatic rings. The van der Waals surface area contributed by atoms with E-state index in [0.29, 0.717) is 62.7 Å². The summed E-state index contributed by atoms with van der Waals surface area (Å²) in [5, 5.41) is 3.04. The van der Waals surface area contributed by atoms with Gasteiger partial charge >= 0.3 is 17.9 Å². The summed E-state index contributed by atoms with van der Waals surface area (Å²) < 4.78 is 18.5. The van der Waals surface area contributed by atoms with Crippen LogP contribution in [0.2, 0.25) is 0 Å². The van der Waals surface area contributed by atoms with Gasteiger partial charge in [0.25, 0.3) is 5.91 Å². The minimum Gasteiger partial charge on any atom is -0.436 e. The Morgan fingerprint density at radius 3 is 2.37 bits per heavy atom. The quantitative estimate of drug-likeness (QED) is 0.422. The number of aryl methyl sites for hydroxylation is 2. The maximum Gasteiger partial charge on any atom is 0.419 e. The Hall–Kier alpha value is -4.36. The van der Waals surface area contributed by atoms with Gasteiger partial charge in [-0.15, -0.1) is 0 Å². The summed E-state index contributed by atoms with van der Waals surface area (Å²) >= 11 is 0. The van der Waals surface area contributed by atoms with Gasteiger partial charge in [-0.3, -0.25) is 14.3 Å². The van der Waals surface area contributed by atoms with Crippen LogP contribution in [-0.2, 0) is 34.2 Å². The number of morpholine rings is 1. The summed E-state index contributed by atoms with van der Waals surface area (Å²) in [4.78, 5) is 60.9. The first kappa shape index (κ1) is 33.2. The first-order chi connectivity index (χ1) is 23.7. The number of benzene rings is 2. The number of hydrogen-bond donors (Lipinski definition) is 1. The zero-order valence-corrected chi connectivity index (χ0v) is 28.4. The molecule has 7 rings (SSSR count). The molecular weight excluding hydrogens is 628 g/mol. The van der Waals surface area contributed by atoms with Crippen LogP contribution in [0.4, 0.5) is 15.3 Å². The Morgan fingerprint density at radius 1 is 0.918 bits per heavy atom. The number of urea groups is 1. The fraction of sp³-hybridized carbons (Fsp3) is 0.556. The monoisotopic (exact) mass is 674 g/mol. The van der Waals surface area contributed by atoms with E-state index in [1.54, 1.807) is 18.0 Å². The second-order valence-electron chi connectivity index (χ2n) is 13.7.